The second-order valence-corrected chi connectivity index (χ2v) is 6.18. The molecule has 0 atom stereocenters. The Balaban J connectivity index is 1.75. The highest BCUT2D eigenvalue weighted by atomic mass is 16.4. The molecular weight excluding hydrogens is 306 g/mol. The largest absolute Gasteiger partial charge is 0.478 e. The van der Waals surface area contributed by atoms with E-state index in [1.165, 1.54) is 11.6 Å². The summed E-state index contributed by atoms with van der Waals surface area (Å²) >= 11 is 0. The van der Waals surface area contributed by atoms with E-state index in [0.717, 1.165) is 38.4 Å². The van der Waals surface area contributed by atoms with Crippen molar-refractivity contribution < 1.29 is 19.1 Å². The Morgan fingerprint density at radius 3 is 2.50 bits per heavy atom. The van der Waals surface area contributed by atoms with Gasteiger partial charge in [0.05, 0.1) is 5.56 Å². The smallest absolute Gasteiger partial charge is 0.338 e. The summed E-state index contributed by atoms with van der Waals surface area (Å²) < 4.78 is 5.21. The standard InChI is InChI=1S/C19H21NO4/c21-18(17-12-15(13-24-17)19(22)23)20(16-8-4-5-9-16)11-10-14-6-2-1-3-7-14/h1-3,6-7,12-13,16H,4-5,8-11H2,(H,22,23). The maximum Gasteiger partial charge on any atom is 0.338 e. The number of benzene rings is 1. The van der Waals surface area contributed by atoms with E-state index in [1.54, 1.807) is 0 Å². The molecule has 2 aromatic rings. The van der Waals surface area contributed by atoms with Gasteiger partial charge in [-0.3, -0.25) is 4.79 Å². The molecule has 1 aromatic heterocycles. The molecule has 1 fully saturated rings. The summed E-state index contributed by atoms with van der Waals surface area (Å²) in [5.74, 6) is -1.20. The normalized spacial score (nSPS) is 14.7. The van der Waals surface area contributed by atoms with Crippen molar-refractivity contribution in [2.75, 3.05) is 6.54 Å². The molecule has 126 valence electrons. The third-order valence-electron chi connectivity index (χ3n) is 4.57. The topological polar surface area (TPSA) is 70.7 Å². The zero-order chi connectivity index (χ0) is 16.9. The summed E-state index contributed by atoms with van der Waals surface area (Å²) in [5, 5.41) is 9.00. The van der Waals surface area contributed by atoms with Gasteiger partial charge in [0, 0.05) is 18.7 Å². The van der Waals surface area contributed by atoms with Crippen LogP contribution in [0.3, 0.4) is 0 Å². The van der Waals surface area contributed by atoms with Crippen LogP contribution < -0.4 is 0 Å². The molecule has 3 rings (SSSR count). The number of aromatic carboxylic acids is 1. The van der Waals surface area contributed by atoms with Crippen LogP contribution in [-0.4, -0.2) is 34.5 Å². The maximum atomic E-state index is 12.8. The lowest BCUT2D eigenvalue weighted by Crippen LogP contribution is -2.40. The summed E-state index contributed by atoms with van der Waals surface area (Å²) in [6, 6.07) is 11.6. The first-order valence-electron chi connectivity index (χ1n) is 8.32. The van der Waals surface area contributed by atoms with Crippen LogP contribution in [-0.2, 0) is 6.42 Å². The minimum atomic E-state index is -1.09. The van der Waals surface area contributed by atoms with Crippen LogP contribution in [0.5, 0.6) is 0 Å². The van der Waals surface area contributed by atoms with Crippen molar-refractivity contribution in [3.8, 4) is 0 Å². The minimum absolute atomic E-state index is 0.00720. The van der Waals surface area contributed by atoms with Gasteiger partial charge in [-0.1, -0.05) is 43.2 Å². The average Bonchev–Trinajstić information content (AvgIpc) is 3.28. The van der Waals surface area contributed by atoms with Crippen molar-refractivity contribution in [2.24, 2.45) is 0 Å². The first kappa shape index (κ1) is 16.3. The second kappa shape index (κ2) is 7.34. The molecule has 1 heterocycles. The molecule has 0 saturated heterocycles. The van der Waals surface area contributed by atoms with E-state index in [0.29, 0.717) is 6.54 Å². The van der Waals surface area contributed by atoms with Crippen LogP contribution in [0.25, 0.3) is 0 Å². The van der Waals surface area contributed by atoms with Crippen LogP contribution in [0.15, 0.2) is 47.1 Å². The second-order valence-electron chi connectivity index (χ2n) is 6.18. The van der Waals surface area contributed by atoms with Crippen molar-refractivity contribution in [3.63, 3.8) is 0 Å². The fourth-order valence-electron chi connectivity index (χ4n) is 3.26. The van der Waals surface area contributed by atoms with E-state index >= 15 is 0 Å². The van der Waals surface area contributed by atoms with Crippen LogP contribution in [0.4, 0.5) is 0 Å². The third-order valence-corrected chi connectivity index (χ3v) is 4.57. The van der Waals surface area contributed by atoms with E-state index in [4.69, 9.17) is 9.52 Å². The van der Waals surface area contributed by atoms with Gasteiger partial charge in [-0.25, -0.2) is 4.79 Å². The molecule has 1 aliphatic carbocycles. The highest BCUT2D eigenvalue weighted by Crippen LogP contribution is 2.25. The van der Waals surface area contributed by atoms with Gasteiger partial charge in [0.25, 0.3) is 5.91 Å². The van der Waals surface area contributed by atoms with Crippen LogP contribution in [0.1, 0.15) is 52.2 Å². The Labute approximate surface area is 140 Å². The van der Waals surface area contributed by atoms with Gasteiger partial charge < -0.3 is 14.4 Å². The van der Waals surface area contributed by atoms with E-state index in [-0.39, 0.29) is 23.3 Å². The molecule has 0 unspecified atom stereocenters. The zero-order valence-corrected chi connectivity index (χ0v) is 13.5. The highest BCUT2D eigenvalue weighted by molar-refractivity contribution is 5.95. The molecule has 0 bridgehead atoms. The SMILES string of the molecule is O=C(O)c1coc(C(=O)N(CCc2ccccc2)C2CCCC2)c1. The maximum absolute atomic E-state index is 12.8. The van der Waals surface area contributed by atoms with Crippen LogP contribution >= 0.6 is 0 Å². The summed E-state index contributed by atoms with van der Waals surface area (Å²) in [6.45, 7) is 0.608. The quantitative estimate of drug-likeness (QED) is 0.880. The van der Waals surface area contributed by atoms with E-state index in [1.807, 2.05) is 35.2 Å². The predicted molar refractivity (Wildman–Crippen MR) is 89.1 cm³/mol. The van der Waals surface area contributed by atoms with Crippen molar-refractivity contribution in [2.45, 2.75) is 38.1 Å². The van der Waals surface area contributed by atoms with Gasteiger partial charge in [0.15, 0.2) is 5.76 Å². The Morgan fingerprint density at radius 1 is 1.17 bits per heavy atom. The number of carboxylic acid groups (broad SMARTS) is 1. The zero-order valence-electron chi connectivity index (χ0n) is 13.5. The molecule has 1 saturated carbocycles. The number of rotatable bonds is 6. The number of furan rings is 1. The molecule has 1 amide bonds. The number of carbonyl (C=O) groups excluding carboxylic acids is 1. The van der Waals surface area contributed by atoms with Crippen LogP contribution in [0, 0.1) is 0 Å². The Morgan fingerprint density at radius 2 is 1.88 bits per heavy atom. The minimum Gasteiger partial charge on any atom is -0.478 e. The molecule has 0 radical (unpaired) electrons. The molecule has 1 aromatic carbocycles. The van der Waals surface area contributed by atoms with Crippen molar-refractivity contribution in [1.82, 2.24) is 4.90 Å². The monoisotopic (exact) mass is 327 g/mol. The Bertz CT molecular complexity index is 701. The molecular formula is C19H21NO4. The molecule has 5 heteroatoms. The average molecular weight is 327 g/mol. The number of hydrogen-bond acceptors (Lipinski definition) is 3. The number of nitrogens with zero attached hydrogens (tertiary/aromatic N) is 1. The molecule has 1 aliphatic rings. The Kier molecular flexibility index (Phi) is 4.99. The lowest BCUT2D eigenvalue weighted by atomic mass is 10.1. The highest BCUT2D eigenvalue weighted by Gasteiger charge is 2.29. The molecule has 0 spiro atoms. The predicted octanol–water partition coefficient (Wildman–Crippen LogP) is 3.61. The van der Waals surface area contributed by atoms with Gasteiger partial charge in [0.1, 0.15) is 6.26 Å². The molecule has 24 heavy (non-hydrogen) atoms. The van der Waals surface area contributed by atoms with E-state index < -0.39 is 5.97 Å². The summed E-state index contributed by atoms with van der Waals surface area (Å²) in [5.41, 5.74) is 1.19. The number of carbonyl (C=O) groups is 2. The van der Waals surface area contributed by atoms with Crippen molar-refractivity contribution in [1.29, 1.82) is 0 Å². The summed E-state index contributed by atoms with van der Waals surface area (Å²) in [7, 11) is 0. The number of amides is 1. The number of hydrogen-bond donors (Lipinski definition) is 1. The molecule has 0 aliphatic heterocycles. The van der Waals surface area contributed by atoms with Crippen molar-refractivity contribution >= 4 is 11.9 Å². The van der Waals surface area contributed by atoms with Gasteiger partial charge in [0.2, 0.25) is 0 Å². The van der Waals surface area contributed by atoms with Crippen molar-refractivity contribution in [3.05, 3.63) is 59.5 Å². The first-order valence-corrected chi connectivity index (χ1v) is 8.32. The fraction of sp³-hybridized carbons (Fsp3) is 0.368. The Hall–Kier alpha value is -2.56. The fourth-order valence-corrected chi connectivity index (χ4v) is 3.26. The summed E-state index contributed by atoms with van der Waals surface area (Å²) in [4.78, 5) is 25.7. The first-order chi connectivity index (χ1) is 11.6. The van der Waals surface area contributed by atoms with Crippen LogP contribution in [0.2, 0.25) is 0 Å². The van der Waals surface area contributed by atoms with E-state index in [2.05, 4.69) is 0 Å². The van der Waals surface area contributed by atoms with Gasteiger partial charge in [-0.05, 0) is 24.8 Å². The molecule has 1 N–H and O–H groups in total. The summed E-state index contributed by atoms with van der Waals surface area (Å²) in [6.07, 6.45) is 6.13. The van der Waals surface area contributed by atoms with E-state index in [9.17, 15) is 9.59 Å². The number of carboxylic acids is 1. The van der Waals surface area contributed by atoms with Gasteiger partial charge in [-0.2, -0.15) is 0 Å². The molecule has 5 nitrogen and oxygen atoms in total. The van der Waals surface area contributed by atoms with Gasteiger partial charge in [-0.15, -0.1) is 0 Å². The lowest BCUT2D eigenvalue weighted by Gasteiger charge is -2.28. The third kappa shape index (κ3) is 3.67. The lowest BCUT2D eigenvalue weighted by molar-refractivity contribution is 0.0649. The van der Waals surface area contributed by atoms with Gasteiger partial charge >= 0.3 is 5.97 Å².